The molecule has 0 aliphatic heterocycles. The minimum absolute atomic E-state index is 0.0579. The number of carbonyl (C=O) groups is 2. The zero-order valence-corrected chi connectivity index (χ0v) is 16.2. The number of halogens is 1. The summed E-state index contributed by atoms with van der Waals surface area (Å²) < 4.78 is 0.695. The van der Waals surface area contributed by atoms with Crippen LogP contribution in [0.5, 0.6) is 0 Å². The molecule has 1 amide bonds. The van der Waals surface area contributed by atoms with E-state index in [1.165, 1.54) is 6.07 Å². The van der Waals surface area contributed by atoms with Crippen LogP contribution >= 0.6 is 15.9 Å². The molecule has 0 fully saturated rings. The molecular weight excluding hydrogens is 422 g/mol. The summed E-state index contributed by atoms with van der Waals surface area (Å²) >= 11 is 3.36. The Morgan fingerprint density at radius 1 is 0.929 bits per heavy atom. The predicted octanol–water partition coefficient (Wildman–Crippen LogP) is 4.35. The number of aromatic carboxylic acids is 1. The summed E-state index contributed by atoms with van der Waals surface area (Å²) in [5.74, 6) is -1.51. The normalized spacial score (nSPS) is 10.3. The van der Waals surface area contributed by atoms with Gasteiger partial charge in [0.1, 0.15) is 5.84 Å². The number of carboxylic acids is 1. The fraction of sp³-hybridized carbons (Fsp3) is 0. The smallest absolute Gasteiger partial charge is 0.336 e. The standard InChI is InChI=1S/C21H16BrN3O3/c22-13-7-10-16(15-3-1-2-4-17(15)21(27)28)18(11-13)20(26)25-14-8-5-12(6-9-14)19(23)24/h1-11H,(H3,23,24)(H,25,26)(H,27,28). The zero-order valence-electron chi connectivity index (χ0n) is 14.6. The van der Waals surface area contributed by atoms with Crippen LogP contribution in [-0.2, 0) is 0 Å². The Bertz CT molecular complexity index is 1080. The minimum Gasteiger partial charge on any atom is -0.478 e. The van der Waals surface area contributed by atoms with Crippen molar-refractivity contribution in [2.75, 3.05) is 5.32 Å². The minimum atomic E-state index is -1.07. The van der Waals surface area contributed by atoms with Crippen LogP contribution in [0.25, 0.3) is 11.1 Å². The molecule has 3 rings (SSSR count). The summed E-state index contributed by atoms with van der Waals surface area (Å²) in [4.78, 5) is 24.5. The lowest BCUT2D eigenvalue weighted by molar-refractivity contribution is 0.0697. The van der Waals surface area contributed by atoms with E-state index in [1.54, 1.807) is 60.7 Å². The molecule has 0 radical (unpaired) electrons. The van der Waals surface area contributed by atoms with Crippen molar-refractivity contribution in [1.29, 1.82) is 5.41 Å². The lowest BCUT2D eigenvalue weighted by Gasteiger charge is -2.13. The SMILES string of the molecule is N=C(N)c1ccc(NC(=O)c2cc(Br)ccc2-c2ccccc2C(=O)O)cc1. The summed E-state index contributed by atoms with van der Waals surface area (Å²) in [5, 5.41) is 19.7. The quantitative estimate of drug-likeness (QED) is 0.350. The summed E-state index contributed by atoms with van der Waals surface area (Å²) in [6.07, 6.45) is 0. The molecule has 140 valence electrons. The maximum Gasteiger partial charge on any atom is 0.336 e. The fourth-order valence-corrected chi connectivity index (χ4v) is 3.14. The molecule has 0 unspecified atom stereocenters. The highest BCUT2D eigenvalue weighted by atomic mass is 79.9. The highest BCUT2D eigenvalue weighted by Crippen LogP contribution is 2.30. The molecule has 0 atom stereocenters. The van der Waals surface area contributed by atoms with Crippen LogP contribution in [0.2, 0.25) is 0 Å². The third-order valence-corrected chi connectivity index (χ3v) is 4.62. The van der Waals surface area contributed by atoms with E-state index in [2.05, 4.69) is 21.2 Å². The number of nitrogens with one attached hydrogen (secondary N) is 2. The van der Waals surface area contributed by atoms with E-state index in [9.17, 15) is 14.7 Å². The largest absolute Gasteiger partial charge is 0.478 e. The van der Waals surface area contributed by atoms with E-state index >= 15 is 0 Å². The first-order valence-corrected chi connectivity index (χ1v) is 9.04. The molecule has 28 heavy (non-hydrogen) atoms. The first-order chi connectivity index (χ1) is 13.4. The monoisotopic (exact) mass is 437 g/mol. The number of hydrogen-bond acceptors (Lipinski definition) is 3. The number of rotatable bonds is 5. The van der Waals surface area contributed by atoms with Gasteiger partial charge in [-0.2, -0.15) is 0 Å². The Labute approximate surface area is 169 Å². The van der Waals surface area contributed by atoms with Crippen molar-refractivity contribution < 1.29 is 14.7 Å². The number of carbonyl (C=O) groups excluding carboxylic acids is 1. The molecule has 0 bridgehead atoms. The van der Waals surface area contributed by atoms with Crippen molar-refractivity contribution >= 4 is 39.3 Å². The molecule has 0 aromatic heterocycles. The number of carboxylic acid groups (broad SMARTS) is 1. The highest BCUT2D eigenvalue weighted by Gasteiger charge is 2.18. The van der Waals surface area contributed by atoms with E-state index < -0.39 is 5.97 Å². The molecule has 3 aromatic carbocycles. The zero-order chi connectivity index (χ0) is 20.3. The molecule has 0 saturated carbocycles. The van der Waals surface area contributed by atoms with Crippen LogP contribution in [0.3, 0.4) is 0 Å². The molecule has 3 aromatic rings. The number of amidine groups is 1. The van der Waals surface area contributed by atoms with E-state index in [4.69, 9.17) is 11.1 Å². The number of nitrogens with two attached hydrogens (primary N) is 1. The van der Waals surface area contributed by atoms with Crippen LogP contribution in [-0.4, -0.2) is 22.8 Å². The first kappa shape index (κ1) is 19.3. The number of benzene rings is 3. The summed E-state index contributed by atoms with van der Waals surface area (Å²) in [5.41, 5.74) is 7.94. The van der Waals surface area contributed by atoms with Gasteiger partial charge in [0.2, 0.25) is 0 Å². The van der Waals surface area contributed by atoms with E-state index in [1.807, 2.05) is 0 Å². The Kier molecular flexibility index (Phi) is 5.56. The molecule has 7 heteroatoms. The topological polar surface area (TPSA) is 116 Å². The van der Waals surface area contributed by atoms with Crippen molar-refractivity contribution in [3.05, 3.63) is 87.9 Å². The fourth-order valence-electron chi connectivity index (χ4n) is 2.78. The van der Waals surface area contributed by atoms with Crippen molar-refractivity contribution in [1.82, 2.24) is 0 Å². The molecule has 0 spiro atoms. The predicted molar refractivity (Wildman–Crippen MR) is 112 cm³/mol. The average Bonchev–Trinajstić information content (AvgIpc) is 2.68. The second-order valence-electron chi connectivity index (χ2n) is 5.99. The summed E-state index contributed by atoms with van der Waals surface area (Å²) in [7, 11) is 0. The number of hydrogen-bond donors (Lipinski definition) is 4. The molecule has 0 aliphatic carbocycles. The Balaban J connectivity index is 2.00. The Morgan fingerprint density at radius 2 is 1.57 bits per heavy atom. The van der Waals surface area contributed by atoms with Gasteiger partial charge >= 0.3 is 5.97 Å². The van der Waals surface area contributed by atoms with Gasteiger partial charge in [0.05, 0.1) is 5.56 Å². The van der Waals surface area contributed by atoms with E-state index in [-0.39, 0.29) is 17.3 Å². The molecule has 0 aliphatic rings. The number of anilines is 1. The van der Waals surface area contributed by atoms with Crippen LogP contribution in [0.15, 0.2) is 71.2 Å². The molecule has 0 heterocycles. The Morgan fingerprint density at radius 3 is 2.21 bits per heavy atom. The van der Waals surface area contributed by atoms with Gasteiger partial charge in [-0.3, -0.25) is 10.2 Å². The number of amides is 1. The number of nitrogen functional groups attached to an aromatic ring is 1. The third-order valence-electron chi connectivity index (χ3n) is 4.13. The maximum absolute atomic E-state index is 12.9. The van der Waals surface area contributed by atoms with Gasteiger partial charge in [0, 0.05) is 21.3 Å². The van der Waals surface area contributed by atoms with Gasteiger partial charge in [-0.25, -0.2) is 4.79 Å². The molecule has 5 N–H and O–H groups in total. The van der Waals surface area contributed by atoms with Gasteiger partial charge in [-0.15, -0.1) is 0 Å². The van der Waals surface area contributed by atoms with Crippen LogP contribution in [0.4, 0.5) is 5.69 Å². The first-order valence-electron chi connectivity index (χ1n) is 8.25. The average molecular weight is 438 g/mol. The van der Waals surface area contributed by atoms with Crippen molar-refractivity contribution in [2.24, 2.45) is 5.73 Å². The Hall–Kier alpha value is -3.45. The highest BCUT2D eigenvalue weighted by molar-refractivity contribution is 9.10. The molecule has 0 saturated heterocycles. The maximum atomic E-state index is 12.9. The van der Waals surface area contributed by atoms with Gasteiger partial charge in [0.25, 0.3) is 5.91 Å². The summed E-state index contributed by atoms with van der Waals surface area (Å²) in [6, 6.07) is 18.2. The lowest BCUT2D eigenvalue weighted by Crippen LogP contribution is -2.15. The van der Waals surface area contributed by atoms with Gasteiger partial charge in [-0.1, -0.05) is 40.2 Å². The van der Waals surface area contributed by atoms with Gasteiger partial charge < -0.3 is 16.2 Å². The van der Waals surface area contributed by atoms with Gasteiger partial charge in [0.15, 0.2) is 0 Å². The third kappa shape index (κ3) is 4.10. The molecule has 6 nitrogen and oxygen atoms in total. The lowest BCUT2D eigenvalue weighted by atomic mass is 9.95. The van der Waals surface area contributed by atoms with Crippen molar-refractivity contribution in [3.8, 4) is 11.1 Å². The van der Waals surface area contributed by atoms with Crippen LogP contribution in [0, 0.1) is 5.41 Å². The summed E-state index contributed by atoms with van der Waals surface area (Å²) in [6.45, 7) is 0. The second kappa shape index (κ2) is 8.06. The van der Waals surface area contributed by atoms with Crippen LogP contribution in [0.1, 0.15) is 26.3 Å². The van der Waals surface area contributed by atoms with E-state index in [0.717, 1.165) is 0 Å². The van der Waals surface area contributed by atoms with Crippen molar-refractivity contribution in [3.63, 3.8) is 0 Å². The van der Waals surface area contributed by atoms with Crippen molar-refractivity contribution in [2.45, 2.75) is 0 Å². The van der Waals surface area contributed by atoms with Crippen LogP contribution < -0.4 is 11.1 Å². The van der Waals surface area contributed by atoms with E-state index in [0.29, 0.717) is 32.4 Å². The molecular formula is C21H16BrN3O3. The second-order valence-corrected chi connectivity index (χ2v) is 6.90. The van der Waals surface area contributed by atoms with Gasteiger partial charge in [-0.05, 0) is 53.6 Å².